The maximum Gasteiger partial charge on any atom is 0.122 e. The molecule has 0 bridgehead atoms. The lowest BCUT2D eigenvalue weighted by Gasteiger charge is -2.26. The maximum atomic E-state index is 5.42. The summed E-state index contributed by atoms with van der Waals surface area (Å²) in [6, 6.07) is 6.64. The topological polar surface area (TPSA) is 30.5 Å². The molecule has 21 heavy (non-hydrogen) atoms. The first kappa shape index (κ1) is 16.2. The molecule has 1 fully saturated rings. The zero-order valence-corrected chi connectivity index (χ0v) is 13.8. The quantitative estimate of drug-likeness (QED) is 0.817. The Kier molecular flexibility index (Phi) is 5.92. The van der Waals surface area contributed by atoms with Gasteiger partial charge < -0.3 is 14.8 Å². The second-order valence-corrected chi connectivity index (χ2v) is 6.03. The van der Waals surface area contributed by atoms with Crippen LogP contribution in [-0.2, 0) is 0 Å². The van der Waals surface area contributed by atoms with E-state index in [1.54, 1.807) is 14.2 Å². The highest BCUT2D eigenvalue weighted by Gasteiger charge is 2.31. The zero-order chi connectivity index (χ0) is 15.2. The molecule has 3 atom stereocenters. The van der Waals surface area contributed by atoms with E-state index in [-0.39, 0.29) is 0 Å². The molecule has 0 saturated heterocycles. The van der Waals surface area contributed by atoms with E-state index in [9.17, 15) is 0 Å². The highest BCUT2D eigenvalue weighted by Crippen LogP contribution is 2.41. The van der Waals surface area contributed by atoms with Crippen LogP contribution in [0.5, 0.6) is 11.5 Å². The predicted octanol–water partition coefficient (Wildman–Crippen LogP) is 4.18. The second kappa shape index (κ2) is 7.69. The van der Waals surface area contributed by atoms with Gasteiger partial charge in [-0.1, -0.05) is 26.7 Å². The average Bonchev–Trinajstić information content (AvgIpc) is 3.00. The van der Waals surface area contributed by atoms with Crippen LogP contribution in [0.4, 0.5) is 0 Å². The molecule has 3 heteroatoms. The van der Waals surface area contributed by atoms with E-state index < -0.39 is 0 Å². The number of methoxy groups -OCH3 is 2. The minimum Gasteiger partial charge on any atom is -0.497 e. The Labute approximate surface area is 129 Å². The number of nitrogens with one attached hydrogen (secondary N) is 1. The third kappa shape index (κ3) is 3.91. The lowest BCUT2D eigenvalue weighted by Crippen LogP contribution is -2.27. The molecule has 1 aromatic carbocycles. The van der Waals surface area contributed by atoms with Gasteiger partial charge in [-0.3, -0.25) is 0 Å². The number of rotatable bonds is 7. The zero-order valence-electron chi connectivity index (χ0n) is 13.8. The number of hydrogen-bond donors (Lipinski definition) is 1. The van der Waals surface area contributed by atoms with Crippen molar-refractivity contribution >= 4 is 0 Å². The summed E-state index contributed by atoms with van der Waals surface area (Å²) < 4.78 is 10.8. The van der Waals surface area contributed by atoms with E-state index in [2.05, 4.69) is 31.3 Å². The van der Waals surface area contributed by atoms with Crippen LogP contribution in [0.2, 0.25) is 0 Å². The molecule has 118 valence electrons. The van der Waals surface area contributed by atoms with Crippen molar-refractivity contribution in [3.63, 3.8) is 0 Å². The molecule has 0 aliphatic heterocycles. The standard InChI is InChI=1S/C18H29NO2/c1-5-13-7-8-14(9-13)18(19-6-2)15-10-16(20-3)12-17(11-15)21-4/h10-14,18-19H,5-9H2,1-4H3. The molecule has 0 spiro atoms. The van der Waals surface area contributed by atoms with Crippen LogP contribution in [0.25, 0.3) is 0 Å². The van der Waals surface area contributed by atoms with Gasteiger partial charge in [-0.25, -0.2) is 0 Å². The van der Waals surface area contributed by atoms with Crippen molar-refractivity contribution < 1.29 is 9.47 Å². The van der Waals surface area contributed by atoms with Gasteiger partial charge in [0.2, 0.25) is 0 Å². The fourth-order valence-electron chi connectivity index (χ4n) is 3.57. The van der Waals surface area contributed by atoms with Crippen molar-refractivity contribution in [2.24, 2.45) is 11.8 Å². The van der Waals surface area contributed by atoms with E-state index in [1.165, 1.54) is 31.2 Å². The lowest BCUT2D eigenvalue weighted by atomic mass is 9.90. The third-order valence-electron chi connectivity index (χ3n) is 4.79. The molecule has 0 radical (unpaired) electrons. The number of ether oxygens (including phenoxy) is 2. The van der Waals surface area contributed by atoms with Crippen LogP contribution in [-0.4, -0.2) is 20.8 Å². The second-order valence-electron chi connectivity index (χ2n) is 6.03. The van der Waals surface area contributed by atoms with Crippen LogP contribution in [0.3, 0.4) is 0 Å². The average molecular weight is 291 g/mol. The van der Waals surface area contributed by atoms with Crippen LogP contribution >= 0.6 is 0 Å². The van der Waals surface area contributed by atoms with Crippen molar-refractivity contribution in [1.82, 2.24) is 5.32 Å². The molecule has 0 aromatic heterocycles. The summed E-state index contributed by atoms with van der Waals surface area (Å²) in [5.41, 5.74) is 1.29. The normalized spacial score (nSPS) is 23.0. The van der Waals surface area contributed by atoms with Gasteiger partial charge in [-0.2, -0.15) is 0 Å². The largest absolute Gasteiger partial charge is 0.497 e. The van der Waals surface area contributed by atoms with Gasteiger partial charge in [-0.05, 0) is 48.9 Å². The summed E-state index contributed by atoms with van der Waals surface area (Å²) in [7, 11) is 3.42. The highest BCUT2D eigenvalue weighted by atomic mass is 16.5. The summed E-state index contributed by atoms with van der Waals surface area (Å²) in [6.45, 7) is 5.47. The Hall–Kier alpha value is -1.22. The van der Waals surface area contributed by atoms with Crippen LogP contribution in [0.1, 0.15) is 51.1 Å². The van der Waals surface area contributed by atoms with Crippen molar-refractivity contribution in [1.29, 1.82) is 0 Å². The lowest BCUT2D eigenvalue weighted by molar-refractivity contribution is 0.352. The fourth-order valence-corrected chi connectivity index (χ4v) is 3.57. The van der Waals surface area contributed by atoms with Gasteiger partial charge in [0.1, 0.15) is 11.5 Å². The summed E-state index contributed by atoms with van der Waals surface area (Å²) in [5, 5.41) is 3.68. The van der Waals surface area contributed by atoms with Gasteiger partial charge in [0.25, 0.3) is 0 Å². The first-order valence-electron chi connectivity index (χ1n) is 8.18. The Bertz CT molecular complexity index is 425. The first-order chi connectivity index (χ1) is 10.2. The van der Waals surface area contributed by atoms with E-state index in [0.717, 1.165) is 24.0 Å². The van der Waals surface area contributed by atoms with Gasteiger partial charge in [-0.15, -0.1) is 0 Å². The summed E-state index contributed by atoms with van der Waals surface area (Å²) >= 11 is 0. The van der Waals surface area contributed by atoms with Crippen LogP contribution in [0, 0.1) is 11.8 Å². The molecule has 1 aliphatic carbocycles. The fraction of sp³-hybridized carbons (Fsp3) is 0.667. The Morgan fingerprint density at radius 3 is 2.24 bits per heavy atom. The third-order valence-corrected chi connectivity index (χ3v) is 4.79. The van der Waals surface area contributed by atoms with E-state index in [4.69, 9.17) is 9.47 Å². The monoisotopic (exact) mass is 291 g/mol. The highest BCUT2D eigenvalue weighted by molar-refractivity contribution is 5.40. The Balaban J connectivity index is 2.25. The van der Waals surface area contributed by atoms with Gasteiger partial charge in [0.05, 0.1) is 14.2 Å². The smallest absolute Gasteiger partial charge is 0.122 e. The molecule has 0 amide bonds. The van der Waals surface area contributed by atoms with E-state index in [1.807, 2.05) is 6.07 Å². The summed E-state index contributed by atoms with van der Waals surface area (Å²) in [5.74, 6) is 3.35. The SMILES string of the molecule is CCNC(c1cc(OC)cc(OC)c1)C1CCC(CC)C1. The van der Waals surface area contributed by atoms with Crippen molar-refractivity contribution in [3.8, 4) is 11.5 Å². The molecule has 1 saturated carbocycles. The Morgan fingerprint density at radius 2 is 1.76 bits per heavy atom. The molecular weight excluding hydrogens is 262 g/mol. The molecule has 0 heterocycles. The van der Waals surface area contributed by atoms with Crippen LogP contribution in [0.15, 0.2) is 18.2 Å². The minimum atomic E-state index is 0.399. The van der Waals surface area contributed by atoms with Crippen molar-refractivity contribution in [2.75, 3.05) is 20.8 Å². The molecule has 3 unspecified atom stereocenters. The summed E-state index contributed by atoms with van der Waals surface area (Å²) in [6.07, 6.45) is 5.31. The molecule has 1 aliphatic rings. The maximum absolute atomic E-state index is 5.42. The number of hydrogen-bond acceptors (Lipinski definition) is 3. The molecule has 2 rings (SSSR count). The van der Waals surface area contributed by atoms with Crippen LogP contribution < -0.4 is 14.8 Å². The molecule has 3 nitrogen and oxygen atoms in total. The summed E-state index contributed by atoms with van der Waals surface area (Å²) in [4.78, 5) is 0. The minimum absolute atomic E-state index is 0.399. The predicted molar refractivity (Wildman–Crippen MR) is 87.1 cm³/mol. The van der Waals surface area contributed by atoms with Gasteiger partial charge in [0, 0.05) is 12.1 Å². The van der Waals surface area contributed by atoms with E-state index >= 15 is 0 Å². The van der Waals surface area contributed by atoms with Crippen molar-refractivity contribution in [2.45, 2.75) is 45.6 Å². The van der Waals surface area contributed by atoms with E-state index in [0.29, 0.717) is 12.0 Å². The van der Waals surface area contributed by atoms with Gasteiger partial charge in [0.15, 0.2) is 0 Å². The molecule has 1 aromatic rings. The van der Waals surface area contributed by atoms with Crippen molar-refractivity contribution in [3.05, 3.63) is 23.8 Å². The number of benzene rings is 1. The molecule has 1 N–H and O–H groups in total. The van der Waals surface area contributed by atoms with Gasteiger partial charge >= 0.3 is 0 Å². The first-order valence-corrected chi connectivity index (χ1v) is 8.18. The molecular formula is C18H29NO2. The Morgan fingerprint density at radius 1 is 1.10 bits per heavy atom.